The maximum absolute atomic E-state index is 11.8. The van der Waals surface area contributed by atoms with Crippen LogP contribution in [0.2, 0.25) is 0 Å². The van der Waals surface area contributed by atoms with Gasteiger partial charge in [0, 0.05) is 0 Å². The minimum absolute atomic E-state index is 1.28. The van der Waals surface area contributed by atoms with Crippen LogP contribution in [0.3, 0.4) is 0 Å². The summed E-state index contributed by atoms with van der Waals surface area (Å²) in [6.07, 6.45) is -1.40. The quantitative estimate of drug-likeness (QED) is 0.526. The first-order valence-corrected chi connectivity index (χ1v) is 2.14. The Morgan fingerprint density at radius 1 is 1.71 bits per heavy atom. The van der Waals surface area contributed by atoms with Gasteiger partial charge in [0.05, 0.1) is 5.60 Å². The fourth-order valence-electron chi connectivity index (χ4n) is 0. The lowest BCUT2D eigenvalue weighted by Crippen LogP contribution is -2.29. The summed E-state index contributed by atoms with van der Waals surface area (Å²) in [6, 6.07) is 0. The summed E-state index contributed by atoms with van der Waals surface area (Å²) in [5, 5.41) is 8.66. The Morgan fingerprint density at radius 3 is 1.86 bits per heavy atom. The highest BCUT2D eigenvalue weighted by Crippen LogP contribution is 2.09. The lowest BCUT2D eigenvalue weighted by molar-refractivity contribution is 0.0174. The van der Waals surface area contributed by atoms with Crippen molar-refractivity contribution in [2.24, 2.45) is 0 Å². The third kappa shape index (κ3) is 2.57. The first-order chi connectivity index (χ1) is 2.94. The Labute approximate surface area is 43.2 Å². The zero-order valence-corrected chi connectivity index (χ0v) is 4.61. The van der Waals surface area contributed by atoms with Gasteiger partial charge in [-0.15, -0.1) is 0 Å². The lowest BCUT2D eigenvalue weighted by Gasteiger charge is -2.17. The standard InChI is InChI=1S/C5H10FO/c1-4(6)5(2,3)7/h4,7H,1H2,2-3H3/t4-/m1/s1. The molecular weight excluding hydrogens is 95.1 g/mol. The van der Waals surface area contributed by atoms with Crippen LogP contribution >= 0.6 is 0 Å². The van der Waals surface area contributed by atoms with Crippen LogP contribution in [0.25, 0.3) is 0 Å². The summed E-state index contributed by atoms with van der Waals surface area (Å²) in [5.41, 5.74) is -1.28. The second-order valence-electron chi connectivity index (χ2n) is 2.12. The molecule has 1 nitrogen and oxygen atoms in total. The summed E-state index contributed by atoms with van der Waals surface area (Å²) in [6.45, 7) is 5.75. The maximum atomic E-state index is 11.8. The largest absolute Gasteiger partial charge is 0.387 e. The Morgan fingerprint density at radius 2 is 1.86 bits per heavy atom. The molecule has 0 aromatic rings. The molecule has 0 spiro atoms. The molecule has 0 aromatic heterocycles. The minimum Gasteiger partial charge on any atom is -0.387 e. The molecule has 2 heteroatoms. The van der Waals surface area contributed by atoms with E-state index in [1.54, 1.807) is 0 Å². The van der Waals surface area contributed by atoms with Gasteiger partial charge in [-0.2, -0.15) is 0 Å². The van der Waals surface area contributed by atoms with Crippen LogP contribution < -0.4 is 0 Å². The van der Waals surface area contributed by atoms with Crippen molar-refractivity contribution >= 4 is 0 Å². The van der Waals surface area contributed by atoms with E-state index in [9.17, 15) is 4.39 Å². The highest BCUT2D eigenvalue weighted by Gasteiger charge is 2.20. The van der Waals surface area contributed by atoms with Gasteiger partial charge in [-0.25, -0.2) is 4.39 Å². The molecule has 1 atom stereocenters. The number of aliphatic hydroxyl groups is 1. The van der Waals surface area contributed by atoms with Crippen molar-refractivity contribution in [2.45, 2.75) is 25.6 Å². The van der Waals surface area contributed by atoms with Crippen molar-refractivity contribution < 1.29 is 9.50 Å². The van der Waals surface area contributed by atoms with Crippen molar-refractivity contribution in [3.05, 3.63) is 6.92 Å². The Bertz CT molecular complexity index is 53.6. The van der Waals surface area contributed by atoms with Crippen LogP contribution in [0.4, 0.5) is 4.39 Å². The SMILES string of the molecule is [CH2][C@@H](F)C(C)(C)O. The van der Waals surface area contributed by atoms with Gasteiger partial charge in [-0.3, -0.25) is 0 Å². The van der Waals surface area contributed by atoms with E-state index in [0.717, 1.165) is 0 Å². The average molecular weight is 105 g/mol. The molecule has 0 aliphatic heterocycles. The van der Waals surface area contributed by atoms with Gasteiger partial charge in [-0.05, 0) is 20.8 Å². The number of rotatable bonds is 1. The zero-order chi connectivity index (χ0) is 6.08. The Kier molecular flexibility index (Phi) is 1.75. The molecule has 0 aliphatic rings. The van der Waals surface area contributed by atoms with Gasteiger partial charge in [0.2, 0.25) is 0 Å². The van der Waals surface area contributed by atoms with Crippen LogP contribution in [0.5, 0.6) is 0 Å². The molecular formula is C5H10FO. The Balaban J connectivity index is 3.54. The first kappa shape index (κ1) is 6.89. The number of hydrogen-bond donors (Lipinski definition) is 1. The van der Waals surface area contributed by atoms with Crippen LogP contribution in [0.1, 0.15) is 13.8 Å². The van der Waals surface area contributed by atoms with E-state index in [0.29, 0.717) is 0 Å². The minimum atomic E-state index is -1.40. The Hall–Kier alpha value is -0.110. The van der Waals surface area contributed by atoms with E-state index in [2.05, 4.69) is 6.92 Å². The average Bonchev–Trinajstić information content (AvgIpc) is 1.31. The predicted molar refractivity (Wildman–Crippen MR) is 26.6 cm³/mol. The van der Waals surface area contributed by atoms with E-state index >= 15 is 0 Å². The topological polar surface area (TPSA) is 20.2 Å². The second-order valence-corrected chi connectivity index (χ2v) is 2.12. The molecule has 0 saturated heterocycles. The lowest BCUT2D eigenvalue weighted by atomic mass is 10.1. The van der Waals surface area contributed by atoms with Gasteiger partial charge in [0.25, 0.3) is 0 Å². The van der Waals surface area contributed by atoms with Gasteiger partial charge in [-0.1, -0.05) is 0 Å². The van der Waals surface area contributed by atoms with E-state index in [1.165, 1.54) is 13.8 Å². The highest BCUT2D eigenvalue weighted by molar-refractivity contribution is 4.77. The van der Waals surface area contributed by atoms with E-state index in [4.69, 9.17) is 5.11 Å². The highest BCUT2D eigenvalue weighted by atomic mass is 19.1. The molecule has 43 valence electrons. The summed E-state index contributed by atoms with van der Waals surface area (Å²) < 4.78 is 11.8. The molecule has 0 saturated carbocycles. The zero-order valence-electron chi connectivity index (χ0n) is 4.61. The molecule has 0 unspecified atom stereocenters. The van der Waals surface area contributed by atoms with Crippen molar-refractivity contribution in [2.75, 3.05) is 0 Å². The predicted octanol–water partition coefficient (Wildman–Crippen LogP) is 0.929. The van der Waals surface area contributed by atoms with Crippen LogP contribution in [-0.2, 0) is 0 Å². The van der Waals surface area contributed by atoms with Gasteiger partial charge >= 0.3 is 0 Å². The van der Waals surface area contributed by atoms with E-state index in [-0.39, 0.29) is 0 Å². The van der Waals surface area contributed by atoms with Crippen molar-refractivity contribution in [1.82, 2.24) is 0 Å². The molecule has 0 aromatic carbocycles. The third-order valence-corrected chi connectivity index (χ3v) is 0.767. The number of halogens is 1. The molecule has 0 amide bonds. The molecule has 7 heavy (non-hydrogen) atoms. The smallest absolute Gasteiger partial charge is 0.128 e. The fraction of sp³-hybridized carbons (Fsp3) is 0.800. The molecule has 0 bridgehead atoms. The molecule has 1 radical (unpaired) electrons. The van der Waals surface area contributed by atoms with E-state index < -0.39 is 11.8 Å². The number of alkyl halides is 1. The molecule has 0 heterocycles. The molecule has 1 N–H and O–H groups in total. The van der Waals surface area contributed by atoms with Crippen molar-refractivity contribution in [3.63, 3.8) is 0 Å². The summed E-state index contributed by atoms with van der Waals surface area (Å²) in [5.74, 6) is 0. The summed E-state index contributed by atoms with van der Waals surface area (Å²) >= 11 is 0. The van der Waals surface area contributed by atoms with Crippen molar-refractivity contribution in [1.29, 1.82) is 0 Å². The van der Waals surface area contributed by atoms with E-state index in [1.807, 2.05) is 0 Å². The first-order valence-electron chi connectivity index (χ1n) is 2.14. The van der Waals surface area contributed by atoms with Gasteiger partial charge in [0.1, 0.15) is 6.17 Å². The number of hydrogen-bond acceptors (Lipinski definition) is 1. The molecule has 0 fully saturated rings. The van der Waals surface area contributed by atoms with Crippen LogP contribution in [0, 0.1) is 6.92 Å². The van der Waals surface area contributed by atoms with Gasteiger partial charge in [0.15, 0.2) is 0 Å². The molecule has 0 rings (SSSR count). The third-order valence-electron chi connectivity index (χ3n) is 0.767. The summed E-state index contributed by atoms with van der Waals surface area (Å²) in [7, 11) is 0. The fourth-order valence-corrected chi connectivity index (χ4v) is 0. The van der Waals surface area contributed by atoms with Gasteiger partial charge < -0.3 is 5.11 Å². The second kappa shape index (κ2) is 1.78. The van der Waals surface area contributed by atoms with Crippen LogP contribution in [-0.4, -0.2) is 16.9 Å². The van der Waals surface area contributed by atoms with Crippen molar-refractivity contribution in [3.8, 4) is 0 Å². The monoisotopic (exact) mass is 105 g/mol. The van der Waals surface area contributed by atoms with Crippen LogP contribution in [0.15, 0.2) is 0 Å². The normalized spacial score (nSPS) is 16.7. The summed E-state index contributed by atoms with van der Waals surface area (Å²) in [4.78, 5) is 0. The molecule has 0 aliphatic carbocycles. The maximum Gasteiger partial charge on any atom is 0.128 e.